The van der Waals surface area contributed by atoms with Crippen LogP contribution in [0.3, 0.4) is 0 Å². The summed E-state index contributed by atoms with van der Waals surface area (Å²) in [6.45, 7) is -0.0141. The van der Waals surface area contributed by atoms with Crippen LogP contribution >= 0.6 is 0 Å². The molecule has 4 rings (SSSR count). The summed E-state index contributed by atoms with van der Waals surface area (Å²) in [6, 6.07) is 6.63. The second kappa shape index (κ2) is 6.88. The molecule has 2 aromatic carbocycles. The maximum Gasteiger partial charge on any atom is 0.231 e. The molecule has 2 heterocycles. The van der Waals surface area contributed by atoms with Gasteiger partial charge < -0.3 is 32.8 Å². The van der Waals surface area contributed by atoms with Gasteiger partial charge in [-0.1, -0.05) is 6.07 Å². The molecule has 0 spiro atoms. The van der Waals surface area contributed by atoms with Crippen molar-refractivity contribution in [1.29, 1.82) is 0 Å². The molecule has 0 N–H and O–H groups in total. The summed E-state index contributed by atoms with van der Waals surface area (Å²) in [6.07, 6.45) is 0. The van der Waals surface area contributed by atoms with Crippen molar-refractivity contribution in [3.8, 4) is 45.8 Å². The average molecular weight is 386 g/mol. The van der Waals surface area contributed by atoms with Crippen molar-refractivity contribution in [2.24, 2.45) is 0 Å². The fourth-order valence-electron chi connectivity index (χ4n) is 3.30. The molecule has 0 saturated heterocycles. The maximum absolute atomic E-state index is 13.0. The zero-order valence-corrected chi connectivity index (χ0v) is 15.8. The number of benzene rings is 2. The second-order valence-corrected chi connectivity index (χ2v) is 5.85. The highest BCUT2D eigenvalue weighted by molar-refractivity contribution is 5.96. The van der Waals surface area contributed by atoms with Crippen LogP contribution in [0.2, 0.25) is 0 Å². The SMILES string of the molecule is COc1cccc(OC)c1-c1cc(=O)c2c(OC)c3c(c(OC)c2o1)OCO3. The van der Waals surface area contributed by atoms with Crippen LogP contribution in [0.15, 0.2) is 33.5 Å². The van der Waals surface area contributed by atoms with E-state index in [2.05, 4.69) is 0 Å². The minimum absolute atomic E-state index is 0.0141. The fraction of sp³-hybridized carbons (Fsp3) is 0.250. The quantitative estimate of drug-likeness (QED) is 0.661. The lowest BCUT2D eigenvalue weighted by Crippen LogP contribution is -2.05. The summed E-state index contributed by atoms with van der Waals surface area (Å²) >= 11 is 0. The van der Waals surface area contributed by atoms with Gasteiger partial charge in [-0.15, -0.1) is 0 Å². The van der Waals surface area contributed by atoms with Gasteiger partial charge in [-0.2, -0.15) is 0 Å². The molecule has 0 unspecified atom stereocenters. The van der Waals surface area contributed by atoms with Crippen LogP contribution in [0, 0.1) is 0 Å². The molecule has 0 fully saturated rings. The summed E-state index contributed by atoms with van der Waals surface area (Å²) in [7, 11) is 5.96. The van der Waals surface area contributed by atoms with Crippen molar-refractivity contribution in [3.63, 3.8) is 0 Å². The first-order valence-corrected chi connectivity index (χ1v) is 8.37. The third-order valence-corrected chi connectivity index (χ3v) is 4.49. The van der Waals surface area contributed by atoms with Crippen molar-refractivity contribution >= 4 is 11.0 Å². The predicted octanol–water partition coefficient (Wildman–Crippen LogP) is 3.22. The van der Waals surface area contributed by atoms with Crippen LogP contribution in [0.5, 0.6) is 34.5 Å². The number of hydrogen-bond acceptors (Lipinski definition) is 8. The average Bonchev–Trinajstić information content (AvgIpc) is 3.20. The van der Waals surface area contributed by atoms with Gasteiger partial charge >= 0.3 is 0 Å². The van der Waals surface area contributed by atoms with Crippen molar-refractivity contribution in [2.75, 3.05) is 35.2 Å². The van der Waals surface area contributed by atoms with Gasteiger partial charge in [-0.05, 0) is 12.1 Å². The lowest BCUT2D eigenvalue weighted by Gasteiger charge is -2.15. The molecule has 1 aliphatic heterocycles. The smallest absolute Gasteiger partial charge is 0.231 e. The molecule has 146 valence electrons. The zero-order valence-electron chi connectivity index (χ0n) is 15.8. The summed E-state index contributed by atoms with van der Waals surface area (Å²) < 4.78 is 38.8. The first kappa shape index (κ1) is 17.8. The largest absolute Gasteiger partial charge is 0.496 e. The van der Waals surface area contributed by atoms with Crippen LogP contribution in [-0.2, 0) is 0 Å². The van der Waals surface area contributed by atoms with Crippen molar-refractivity contribution in [1.82, 2.24) is 0 Å². The Bertz CT molecular complexity index is 1090. The standard InChI is InChI=1S/C20H18O8/c1-22-11-6-5-7-12(23-2)15(11)13-8-10(21)14-16(24-3)19-20(27-9-26-19)18(25-4)17(14)28-13/h5-8H,9H2,1-4H3. The fourth-order valence-corrected chi connectivity index (χ4v) is 3.30. The topological polar surface area (TPSA) is 85.6 Å². The Morgan fingerprint density at radius 1 is 0.857 bits per heavy atom. The lowest BCUT2D eigenvalue weighted by atomic mass is 10.1. The maximum atomic E-state index is 13.0. The van der Waals surface area contributed by atoms with E-state index in [9.17, 15) is 4.79 Å². The Morgan fingerprint density at radius 2 is 1.46 bits per heavy atom. The summed E-state index contributed by atoms with van der Waals surface area (Å²) in [5, 5.41) is 0.196. The Hall–Kier alpha value is -3.55. The van der Waals surface area contributed by atoms with Crippen LogP contribution in [0.1, 0.15) is 0 Å². The molecule has 0 radical (unpaired) electrons. The van der Waals surface area contributed by atoms with Gasteiger partial charge in [-0.3, -0.25) is 4.79 Å². The highest BCUT2D eigenvalue weighted by Gasteiger charge is 2.31. The molecule has 8 nitrogen and oxygen atoms in total. The van der Waals surface area contributed by atoms with Gasteiger partial charge in [0.2, 0.25) is 24.0 Å². The minimum Gasteiger partial charge on any atom is -0.496 e. The molecular weight excluding hydrogens is 368 g/mol. The Labute approximate surface area is 160 Å². The molecule has 0 atom stereocenters. The Balaban J connectivity index is 2.11. The molecule has 0 amide bonds. The van der Waals surface area contributed by atoms with Gasteiger partial charge in [0.25, 0.3) is 0 Å². The van der Waals surface area contributed by atoms with E-state index in [1.807, 2.05) is 0 Å². The van der Waals surface area contributed by atoms with E-state index in [0.717, 1.165) is 0 Å². The molecule has 28 heavy (non-hydrogen) atoms. The Kier molecular flexibility index (Phi) is 4.38. The molecule has 1 aromatic heterocycles. The van der Waals surface area contributed by atoms with E-state index in [1.165, 1.54) is 34.5 Å². The van der Waals surface area contributed by atoms with E-state index in [4.69, 9.17) is 32.8 Å². The molecule has 0 aliphatic carbocycles. The molecule has 8 heteroatoms. The van der Waals surface area contributed by atoms with Crippen molar-refractivity contribution < 1.29 is 32.8 Å². The number of fused-ring (bicyclic) bond motifs is 2. The van der Waals surface area contributed by atoms with E-state index >= 15 is 0 Å². The monoisotopic (exact) mass is 386 g/mol. The minimum atomic E-state index is -0.336. The van der Waals surface area contributed by atoms with Gasteiger partial charge in [0.1, 0.15) is 28.2 Å². The van der Waals surface area contributed by atoms with E-state index < -0.39 is 0 Å². The molecule has 3 aromatic rings. The van der Waals surface area contributed by atoms with Crippen LogP contribution < -0.4 is 33.8 Å². The number of rotatable bonds is 5. The summed E-state index contributed by atoms with van der Waals surface area (Å²) in [5.74, 6) is 2.35. The van der Waals surface area contributed by atoms with E-state index in [0.29, 0.717) is 28.6 Å². The second-order valence-electron chi connectivity index (χ2n) is 5.85. The molecular formula is C20H18O8. The third-order valence-electron chi connectivity index (χ3n) is 4.49. The van der Waals surface area contributed by atoms with Crippen LogP contribution in [0.25, 0.3) is 22.3 Å². The third kappa shape index (κ3) is 2.49. The molecule has 1 aliphatic rings. The van der Waals surface area contributed by atoms with E-state index in [1.54, 1.807) is 18.2 Å². The summed E-state index contributed by atoms with van der Waals surface area (Å²) in [5.41, 5.74) is 0.349. The van der Waals surface area contributed by atoms with Gasteiger partial charge in [0.05, 0.1) is 28.4 Å². The summed E-state index contributed by atoms with van der Waals surface area (Å²) in [4.78, 5) is 13.0. The van der Waals surface area contributed by atoms with E-state index in [-0.39, 0.29) is 40.5 Å². The number of ether oxygens (including phenoxy) is 6. The van der Waals surface area contributed by atoms with Gasteiger partial charge in [0.15, 0.2) is 16.8 Å². The predicted molar refractivity (Wildman–Crippen MR) is 100 cm³/mol. The molecule has 0 bridgehead atoms. The Morgan fingerprint density at radius 3 is 2.04 bits per heavy atom. The van der Waals surface area contributed by atoms with Crippen LogP contribution in [0.4, 0.5) is 0 Å². The number of methoxy groups -OCH3 is 4. The van der Waals surface area contributed by atoms with Crippen molar-refractivity contribution in [2.45, 2.75) is 0 Å². The first-order valence-electron chi connectivity index (χ1n) is 8.37. The van der Waals surface area contributed by atoms with Gasteiger partial charge in [0, 0.05) is 6.07 Å². The van der Waals surface area contributed by atoms with Crippen LogP contribution in [-0.4, -0.2) is 35.2 Å². The molecule has 0 saturated carbocycles. The van der Waals surface area contributed by atoms with Gasteiger partial charge in [-0.25, -0.2) is 0 Å². The van der Waals surface area contributed by atoms with Crippen molar-refractivity contribution in [3.05, 3.63) is 34.5 Å². The number of hydrogen-bond donors (Lipinski definition) is 0. The highest BCUT2D eigenvalue weighted by atomic mass is 16.7. The highest BCUT2D eigenvalue weighted by Crippen LogP contribution is 2.53. The normalized spacial score (nSPS) is 12.1. The lowest BCUT2D eigenvalue weighted by molar-refractivity contribution is 0.169. The first-order chi connectivity index (χ1) is 13.6. The zero-order chi connectivity index (χ0) is 19.8.